The fourth-order valence-corrected chi connectivity index (χ4v) is 5.44. The molecular formula is C19H22N4O3S3. The van der Waals surface area contributed by atoms with Crippen LogP contribution in [0.15, 0.2) is 21.4 Å². The van der Waals surface area contributed by atoms with Gasteiger partial charge in [-0.05, 0) is 36.3 Å². The van der Waals surface area contributed by atoms with E-state index in [1.165, 1.54) is 22.7 Å². The van der Waals surface area contributed by atoms with E-state index in [1.807, 2.05) is 6.92 Å². The lowest BCUT2D eigenvalue weighted by molar-refractivity contribution is -0.113. The first kappa shape index (κ1) is 21.5. The number of anilines is 1. The highest BCUT2D eigenvalue weighted by Crippen LogP contribution is 2.30. The van der Waals surface area contributed by atoms with Crippen molar-refractivity contribution in [3.8, 4) is 0 Å². The highest BCUT2D eigenvalue weighted by Gasteiger charge is 2.18. The first-order valence-electron chi connectivity index (χ1n) is 9.12. The van der Waals surface area contributed by atoms with Gasteiger partial charge < -0.3 is 16.0 Å². The van der Waals surface area contributed by atoms with Crippen LogP contribution in [0.2, 0.25) is 0 Å². The number of hydrogen-bond acceptors (Lipinski definition) is 7. The number of primary amides is 1. The number of fused-ring (bicyclic) bond motifs is 1. The summed E-state index contributed by atoms with van der Waals surface area (Å²) in [5.74, 6) is -0.352. The molecule has 0 saturated heterocycles. The predicted octanol–water partition coefficient (Wildman–Crippen LogP) is 3.77. The summed E-state index contributed by atoms with van der Waals surface area (Å²) in [6, 6.07) is 1.57. The number of aromatic amines is 1. The summed E-state index contributed by atoms with van der Waals surface area (Å²) in [4.78, 5) is 45.4. The third kappa shape index (κ3) is 4.88. The Kier molecular flexibility index (Phi) is 6.76. The fraction of sp³-hybridized carbons (Fsp3) is 0.368. The summed E-state index contributed by atoms with van der Waals surface area (Å²) >= 11 is 3.88. The summed E-state index contributed by atoms with van der Waals surface area (Å²) in [7, 11) is 0. The minimum Gasteiger partial charge on any atom is -0.366 e. The molecule has 3 aromatic rings. The molecule has 0 fully saturated rings. The van der Waals surface area contributed by atoms with Crippen molar-refractivity contribution in [1.29, 1.82) is 0 Å². The predicted molar refractivity (Wildman–Crippen MR) is 120 cm³/mol. The summed E-state index contributed by atoms with van der Waals surface area (Å²) in [5, 5.41) is 5.84. The molecule has 3 heterocycles. The van der Waals surface area contributed by atoms with Gasteiger partial charge in [-0.2, -0.15) is 0 Å². The van der Waals surface area contributed by atoms with Crippen LogP contribution in [0.4, 0.5) is 5.00 Å². The molecule has 0 aliphatic heterocycles. The topological polar surface area (TPSA) is 118 Å². The molecule has 2 amide bonds. The average molecular weight is 451 g/mol. The van der Waals surface area contributed by atoms with E-state index in [0.29, 0.717) is 26.3 Å². The standard InChI is InChI=1S/C19H22N4O3S3/c1-4-9(2)7-12-10(3)29-18-14(12)16(26)22-19(23-18)28-8-13(24)21-17-11(15(20)25)5-6-27-17/h5-6,9H,4,7-8H2,1-3H3,(H2,20,25)(H,21,24)(H,22,23,26). The second-order valence-corrected chi connectivity index (χ2v) is 9.85. The van der Waals surface area contributed by atoms with Crippen LogP contribution in [0.25, 0.3) is 10.2 Å². The number of aromatic nitrogens is 2. The molecule has 154 valence electrons. The van der Waals surface area contributed by atoms with Crippen LogP contribution in [-0.4, -0.2) is 27.5 Å². The van der Waals surface area contributed by atoms with Crippen molar-refractivity contribution >= 4 is 61.5 Å². The van der Waals surface area contributed by atoms with Crippen molar-refractivity contribution in [2.24, 2.45) is 11.7 Å². The van der Waals surface area contributed by atoms with Crippen molar-refractivity contribution in [3.63, 3.8) is 0 Å². The van der Waals surface area contributed by atoms with E-state index in [2.05, 4.69) is 29.1 Å². The van der Waals surface area contributed by atoms with E-state index in [1.54, 1.807) is 11.4 Å². The average Bonchev–Trinajstić information content (AvgIpc) is 3.24. The van der Waals surface area contributed by atoms with Gasteiger partial charge in [0, 0.05) is 4.88 Å². The number of rotatable bonds is 8. The highest BCUT2D eigenvalue weighted by molar-refractivity contribution is 7.99. The normalized spacial score (nSPS) is 12.2. The Morgan fingerprint density at radius 1 is 1.41 bits per heavy atom. The molecule has 1 atom stereocenters. The molecule has 3 aromatic heterocycles. The van der Waals surface area contributed by atoms with Crippen LogP contribution >= 0.6 is 34.4 Å². The smallest absolute Gasteiger partial charge is 0.260 e. The molecule has 0 radical (unpaired) electrons. The third-order valence-electron chi connectivity index (χ3n) is 4.61. The molecule has 0 aromatic carbocycles. The second-order valence-electron chi connectivity index (χ2n) is 6.77. The van der Waals surface area contributed by atoms with Crippen molar-refractivity contribution in [3.05, 3.63) is 37.8 Å². The molecule has 1 unspecified atom stereocenters. The van der Waals surface area contributed by atoms with Crippen LogP contribution in [-0.2, 0) is 11.2 Å². The van der Waals surface area contributed by atoms with Crippen molar-refractivity contribution in [2.75, 3.05) is 11.1 Å². The number of nitrogens with zero attached hydrogens (tertiary/aromatic N) is 1. The van der Waals surface area contributed by atoms with E-state index in [4.69, 9.17) is 5.73 Å². The number of hydrogen-bond donors (Lipinski definition) is 3. The number of aryl methyl sites for hydroxylation is 1. The SMILES string of the molecule is CCC(C)Cc1c(C)sc2nc(SCC(=O)Nc3sccc3C(N)=O)[nH]c(=O)c12. The second kappa shape index (κ2) is 9.10. The minimum atomic E-state index is -0.591. The Morgan fingerprint density at radius 2 is 2.17 bits per heavy atom. The van der Waals surface area contributed by atoms with E-state index >= 15 is 0 Å². The Morgan fingerprint density at radius 3 is 2.86 bits per heavy atom. The fourth-order valence-electron chi connectivity index (χ4n) is 2.86. The molecule has 0 aliphatic rings. The lowest BCUT2D eigenvalue weighted by atomic mass is 9.98. The molecule has 3 rings (SSSR count). The molecule has 29 heavy (non-hydrogen) atoms. The van der Waals surface area contributed by atoms with Gasteiger partial charge in [0.05, 0.1) is 16.7 Å². The van der Waals surface area contributed by atoms with Gasteiger partial charge in [0.15, 0.2) is 5.16 Å². The first-order valence-corrected chi connectivity index (χ1v) is 11.8. The lowest BCUT2D eigenvalue weighted by Gasteiger charge is -2.08. The van der Waals surface area contributed by atoms with E-state index in [-0.39, 0.29) is 22.8 Å². The van der Waals surface area contributed by atoms with Crippen LogP contribution in [0, 0.1) is 12.8 Å². The van der Waals surface area contributed by atoms with Gasteiger partial charge in [0.25, 0.3) is 11.5 Å². The van der Waals surface area contributed by atoms with Gasteiger partial charge in [-0.1, -0.05) is 32.0 Å². The monoisotopic (exact) mass is 450 g/mol. The maximum absolute atomic E-state index is 12.7. The number of amides is 2. The molecule has 4 N–H and O–H groups in total. The summed E-state index contributed by atoms with van der Waals surface area (Å²) in [6.45, 7) is 6.32. The van der Waals surface area contributed by atoms with E-state index in [0.717, 1.165) is 35.0 Å². The van der Waals surface area contributed by atoms with Gasteiger partial charge in [0.1, 0.15) is 9.83 Å². The maximum atomic E-state index is 12.7. The molecule has 0 spiro atoms. The minimum absolute atomic E-state index is 0.0502. The third-order valence-corrected chi connectivity index (χ3v) is 7.36. The molecule has 0 bridgehead atoms. The van der Waals surface area contributed by atoms with Crippen LogP contribution in [0.3, 0.4) is 0 Å². The number of thiophene rings is 2. The van der Waals surface area contributed by atoms with Crippen molar-refractivity contribution in [2.45, 2.75) is 38.8 Å². The number of carbonyl (C=O) groups is 2. The molecule has 10 heteroatoms. The number of H-pyrrole nitrogens is 1. The van der Waals surface area contributed by atoms with Gasteiger partial charge in [-0.15, -0.1) is 22.7 Å². The maximum Gasteiger partial charge on any atom is 0.260 e. The largest absolute Gasteiger partial charge is 0.366 e. The lowest BCUT2D eigenvalue weighted by Crippen LogP contribution is -2.18. The van der Waals surface area contributed by atoms with Crippen LogP contribution < -0.4 is 16.6 Å². The summed E-state index contributed by atoms with van der Waals surface area (Å²) < 4.78 is 0. The van der Waals surface area contributed by atoms with Gasteiger partial charge >= 0.3 is 0 Å². The molecule has 0 aliphatic carbocycles. The Labute approximate surface area is 180 Å². The van der Waals surface area contributed by atoms with Crippen molar-refractivity contribution < 1.29 is 9.59 Å². The number of thioether (sulfide) groups is 1. The zero-order valence-electron chi connectivity index (χ0n) is 16.3. The van der Waals surface area contributed by atoms with Gasteiger partial charge in [-0.25, -0.2) is 4.98 Å². The van der Waals surface area contributed by atoms with Gasteiger partial charge in [-0.3, -0.25) is 14.4 Å². The summed E-state index contributed by atoms with van der Waals surface area (Å²) in [6.07, 6.45) is 1.90. The molecular weight excluding hydrogens is 428 g/mol. The van der Waals surface area contributed by atoms with Crippen LogP contribution in [0.1, 0.15) is 41.1 Å². The number of carbonyl (C=O) groups excluding carboxylic acids is 2. The first-order chi connectivity index (χ1) is 13.8. The Balaban J connectivity index is 1.74. The van der Waals surface area contributed by atoms with Crippen molar-refractivity contribution in [1.82, 2.24) is 9.97 Å². The molecule has 0 saturated carbocycles. The van der Waals surface area contributed by atoms with E-state index in [9.17, 15) is 14.4 Å². The van der Waals surface area contributed by atoms with E-state index < -0.39 is 5.91 Å². The number of nitrogens with one attached hydrogen (secondary N) is 2. The quantitative estimate of drug-likeness (QED) is 0.357. The van der Waals surface area contributed by atoms with Crippen LogP contribution in [0.5, 0.6) is 0 Å². The van der Waals surface area contributed by atoms with Gasteiger partial charge in [0.2, 0.25) is 5.91 Å². The Hall–Kier alpha value is -2.17. The number of nitrogens with two attached hydrogens (primary N) is 1. The zero-order valence-corrected chi connectivity index (χ0v) is 18.8. The molecule has 7 nitrogen and oxygen atoms in total. The Bertz CT molecular complexity index is 1120. The highest BCUT2D eigenvalue weighted by atomic mass is 32.2. The zero-order chi connectivity index (χ0) is 21.1. The summed E-state index contributed by atoms with van der Waals surface area (Å²) in [5.41, 5.74) is 6.46.